The molecular formula is C12H23BO7. The lowest BCUT2D eigenvalue weighted by atomic mass is 9.90. The highest BCUT2D eigenvalue weighted by Crippen LogP contribution is 2.19. The van der Waals surface area contributed by atoms with Gasteiger partial charge in [0.2, 0.25) is 0 Å². The quantitative estimate of drug-likeness (QED) is 0.348. The molecule has 1 rings (SSSR count). The molecule has 0 spiro atoms. The highest BCUT2D eigenvalue weighted by Gasteiger charge is 2.31. The average molecular weight is 290 g/mol. The van der Waals surface area contributed by atoms with E-state index in [-0.39, 0.29) is 11.5 Å². The zero-order valence-corrected chi connectivity index (χ0v) is 12.0. The Kier molecular flexibility index (Phi) is 9.21. The lowest BCUT2D eigenvalue weighted by molar-refractivity contribution is -0.107. The Bertz CT molecular complexity index is 337. The van der Waals surface area contributed by atoms with Crippen LogP contribution in [0, 0.1) is 0 Å². The largest absolute Gasteiger partial charge is 0.631 e. The third-order valence-corrected chi connectivity index (χ3v) is 2.33. The minimum absolute atomic E-state index is 0.0880. The molecule has 0 saturated carbocycles. The number of phenolic OH excluding ortho intramolecular Hbond substituents is 2. The molecule has 1 aromatic rings. The summed E-state index contributed by atoms with van der Waals surface area (Å²) >= 11 is 0. The SMILES string of the molecule is CC(C)(O)C(C)(C)O.OB(O)O.Oc1cccc(O)c1. The summed E-state index contributed by atoms with van der Waals surface area (Å²) < 4.78 is 0. The topological polar surface area (TPSA) is 142 Å². The van der Waals surface area contributed by atoms with E-state index in [1.54, 1.807) is 33.8 Å². The van der Waals surface area contributed by atoms with Crippen molar-refractivity contribution in [3.63, 3.8) is 0 Å². The van der Waals surface area contributed by atoms with Crippen LogP contribution < -0.4 is 0 Å². The first kappa shape index (κ1) is 21.0. The maximum absolute atomic E-state index is 9.10. The van der Waals surface area contributed by atoms with Gasteiger partial charge in [0.15, 0.2) is 0 Å². The van der Waals surface area contributed by atoms with E-state index in [2.05, 4.69) is 0 Å². The molecule has 7 nitrogen and oxygen atoms in total. The van der Waals surface area contributed by atoms with E-state index in [1.807, 2.05) is 0 Å². The number of hydrogen-bond acceptors (Lipinski definition) is 7. The van der Waals surface area contributed by atoms with Gasteiger partial charge in [0.25, 0.3) is 0 Å². The Labute approximate surface area is 118 Å². The van der Waals surface area contributed by atoms with Crippen molar-refractivity contribution in [2.24, 2.45) is 0 Å². The lowest BCUT2D eigenvalue weighted by Crippen LogP contribution is -2.44. The number of hydrogen-bond donors (Lipinski definition) is 7. The highest BCUT2D eigenvalue weighted by molar-refractivity contribution is 6.30. The molecule has 0 amide bonds. The number of aliphatic hydroxyl groups is 2. The van der Waals surface area contributed by atoms with E-state index in [1.165, 1.54) is 18.2 Å². The van der Waals surface area contributed by atoms with E-state index >= 15 is 0 Å². The summed E-state index contributed by atoms with van der Waals surface area (Å²) in [6, 6.07) is 5.85. The van der Waals surface area contributed by atoms with E-state index in [0.717, 1.165) is 0 Å². The van der Waals surface area contributed by atoms with Crippen LogP contribution in [0.5, 0.6) is 11.5 Å². The van der Waals surface area contributed by atoms with Gasteiger partial charge in [-0.25, -0.2) is 0 Å². The van der Waals surface area contributed by atoms with Crippen molar-refractivity contribution in [2.75, 3.05) is 0 Å². The molecule has 0 bridgehead atoms. The summed E-state index contributed by atoms with van der Waals surface area (Å²) in [6.45, 7) is 6.31. The molecule has 0 radical (unpaired) electrons. The number of rotatable bonds is 1. The van der Waals surface area contributed by atoms with Gasteiger partial charge in [-0.1, -0.05) is 6.07 Å². The van der Waals surface area contributed by atoms with Crippen LogP contribution in [-0.2, 0) is 0 Å². The minimum atomic E-state index is -2.17. The van der Waals surface area contributed by atoms with Crippen molar-refractivity contribution < 1.29 is 35.5 Å². The van der Waals surface area contributed by atoms with Crippen LogP contribution in [0.15, 0.2) is 24.3 Å². The summed E-state index contributed by atoms with van der Waals surface area (Å²) in [5.74, 6) is 0.176. The van der Waals surface area contributed by atoms with Gasteiger partial charge in [0.1, 0.15) is 11.5 Å². The molecule has 0 aromatic heterocycles. The van der Waals surface area contributed by atoms with Gasteiger partial charge in [-0.05, 0) is 39.8 Å². The van der Waals surface area contributed by atoms with Crippen LogP contribution in [0.1, 0.15) is 27.7 Å². The van der Waals surface area contributed by atoms with Crippen LogP contribution in [0.3, 0.4) is 0 Å². The molecule has 0 unspecified atom stereocenters. The van der Waals surface area contributed by atoms with Crippen molar-refractivity contribution >= 4 is 7.32 Å². The molecule has 0 aliphatic carbocycles. The predicted octanol–water partition coefficient (Wildman–Crippen LogP) is -0.426. The molecule has 116 valence electrons. The second-order valence-electron chi connectivity index (χ2n) is 4.98. The van der Waals surface area contributed by atoms with Crippen molar-refractivity contribution in [1.29, 1.82) is 0 Å². The maximum atomic E-state index is 9.10. The molecule has 7 N–H and O–H groups in total. The Morgan fingerprint density at radius 2 is 1.05 bits per heavy atom. The fourth-order valence-corrected chi connectivity index (χ4v) is 0.493. The Morgan fingerprint density at radius 3 is 1.15 bits per heavy atom. The van der Waals surface area contributed by atoms with E-state index in [9.17, 15) is 0 Å². The highest BCUT2D eigenvalue weighted by atomic mass is 16.5. The van der Waals surface area contributed by atoms with Gasteiger partial charge >= 0.3 is 7.32 Å². The van der Waals surface area contributed by atoms with Gasteiger partial charge in [-0.3, -0.25) is 0 Å². The third-order valence-electron chi connectivity index (χ3n) is 2.33. The van der Waals surface area contributed by atoms with Crippen LogP contribution in [0.25, 0.3) is 0 Å². The molecule has 20 heavy (non-hydrogen) atoms. The second-order valence-corrected chi connectivity index (χ2v) is 4.98. The summed E-state index contributed by atoms with van der Waals surface area (Å²) in [7, 11) is -2.17. The normalized spacial score (nSPS) is 10.7. The summed E-state index contributed by atoms with van der Waals surface area (Å²) in [5, 5.41) is 57.0. The van der Waals surface area contributed by atoms with Crippen LogP contribution in [-0.4, -0.2) is 54.0 Å². The van der Waals surface area contributed by atoms with E-state index in [4.69, 9.17) is 35.5 Å². The molecule has 0 aliphatic heterocycles. The number of aromatic hydroxyl groups is 2. The van der Waals surface area contributed by atoms with Gasteiger partial charge in [-0.15, -0.1) is 0 Å². The van der Waals surface area contributed by atoms with Gasteiger partial charge < -0.3 is 35.5 Å². The maximum Gasteiger partial charge on any atom is 0.631 e. The Hall–Kier alpha value is -1.32. The first-order chi connectivity index (χ1) is 8.77. The molecule has 0 aliphatic rings. The zero-order chi connectivity index (χ0) is 16.6. The molecule has 0 atom stereocenters. The Balaban J connectivity index is 0. The van der Waals surface area contributed by atoms with Crippen LogP contribution in [0.4, 0.5) is 0 Å². The minimum Gasteiger partial charge on any atom is -0.508 e. The summed E-state index contributed by atoms with van der Waals surface area (Å²) in [6.07, 6.45) is 0. The second kappa shape index (κ2) is 8.78. The van der Waals surface area contributed by atoms with Gasteiger partial charge in [0.05, 0.1) is 11.2 Å². The number of benzene rings is 1. The molecule has 0 saturated heterocycles. The van der Waals surface area contributed by atoms with Gasteiger partial charge in [-0.2, -0.15) is 0 Å². The molecular weight excluding hydrogens is 267 g/mol. The summed E-state index contributed by atoms with van der Waals surface area (Å²) in [5.41, 5.74) is -2.01. The summed E-state index contributed by atoms with van der Waals surface area (Å²) in [4.78, 5) is 0. The molecule has 0 heterocycles. The fraction of sp³-hybridized carbons (Fsp3) is 0.500. The third kappa shape index (κ3) is 13.1. The molecule has 1 aromatic carbocycles. The Morgan fingerprint density at radius 1 is 0.800 bits per heavy atom. The monoisotopic (exact) mass is 290 g/mol. The van der Waals surface area contributed by atoms with Crippen molar-refractivity contribution in [2.45, 2.75) is 38.9 Å². The van der Waals surface area contributed by atoms with Crippen molar-refractivity contribution in [3.05, 3.63) is 24.3 Å². The number of phenols is 2. The van der Waals surface area contributed by atoms with Crippen LogP contribution >= 0.6 is 0 Å². The van der Waals surface area contributed by atoms with Gasteiger partial charge in [0, 0.05) is 6.07 Å². The first-order valence-corrected chi connectivity index (χ1v) is 5.74. The average Bonchev–Trinajstić information content (AvgIpc) is 2.13. The fourth-order valence-electron chi connectivity index (χ4n) is 0.493. The molecule has 0 fully saturated rings. The van der Waals surface area contributed by atoms with Crippen LogP contribution in [0.2, 0.25) is 0 Å². The lowest BCUT2D eigenvalue weighted by Gasteiger charge is -2.31. The van der Waals surface area contributed by atoms with E-state index in [0.29, 0.717) is 0 Å². The predicted molar refractivity (Wildman–Crippen MR) is 74.8 cm³/mol. The van der Waals surface area contributed by atoms with E-state index < -0.39 is 18.5 Å². The molecule has 8 heteroatoms. The smallest absolute Gasteiger partial charge is 0.508 e. The standard InChI is InChI=1S/C6H6O2.C6H14O2.BH3O3/c7-5-2-1-3-6(8)4-5;1-5(2,7)6(3,4)8;2-1(3)4/h1-4,7-8H;7-8H,1-4H3;2-4H. The van der Waals surface area contributed by atoms with Crippen molar-refractivity contribution in [3.8, 4) is 11.5 Å². The van der Waals surface area contributed by atoms with Crippen molar-refractivity contribution in [1.82, 2.24) is 0 Å². The first-order valence-electron chi connectivity index (χ1n) is 5.74. The zero-order valence-electron chi connectivity index (χ0n) is 12.0.